The number of piperazine rings is 1. The highest BCUT2D eigenvalue weighted by atomic mass is 127. The number of anilines is 1. The maximum Gasteiger partial charge on any atom is 0.409 e. The van der Waals surface area contributed by atoms with Crippen LogP contribution in [0, 0.1) is 13.8 Å². The Labute approximate surface area is 209 Å². The maximum absolute atomic E-state index is 11.6. The number of halogens is 1. The molecule has 2 aliphatic rings. The Kier molecular flexibility index (Phi) is 10.8. The highest BCUT2D eigenvalue weighted by Crippen LogP contribution is 2.23. The summed E-state index contributed by atoms with van der Waals surface area (Å²) in [6.07, 6.45) is 1.56. The average molecular weight is 559 g/mol. The first-order chi connectivity index (χ1) is 15.0. The van der Waals surface area contributed by atoms with E-state index in [2.05, 4.69) is 57.5 Å². The predicted molar refractivity (Wildman–Crippen MR) is 141 cm³/mol. The van der Waals surface area contributed by atoms with Gasteiger partial charge in [-0.25, -0.2) is 4.79 Å². The number of ether oxygens (including phenoxy) is 1. The summed E-state index contributed by atoms with van der Waals surface area (Å²) in [6, 6.07) is 6.91. The first-order valence-corrected chi connectivity index (χ1v) is 11.4. The molecule has 3 rings (SSSR count). The smallest absolute Gasteiger partial charge is 0.409 e. The number of rotatable bonds is 5. The molecule has 0 aliphatic carbocycles. The van der Waals surface area contributed by atoms with Gasteiger partial charge in [0.05, 0.1) is 7.11 Å². The van der Waals surface area contributed by atoms with E-state index >= 15 is 0 Å². The Bertz CT molecular complexity index is 759. The molecule has 1 aromatic rings. The Morgan fingerprint density at radius 1 is 1.12 bits per heavy atom. The van der Waals surface area contributed by atoms with Crippen LogP contribution in [-0.2, 0) is 4.74 Å². The van der Waals surface area contributed by atoms with Crippen LogP contribution < -0.4 is 15.5 Å². The van der Waals surface area contributed by atoms with Crippen molar-refractivity contribution in [1.29, 1.82) is 0 Å². The van der Waals surface area contributed by atoms with Gasteiger partial charge in [-0.3, -0.25) is 9.89 Å². The number of hydrogen-bond donors (Lipinski definition) is 2. The molecule has 2 saturated heterocycles. The van der Waals surface area contributed by atoms with Crippen molar-refractivity contribution in [3.8, 4) is 0 Å². The number of nitrogens with one attached hydrogen (secondary N) is 2. The van der Waals surface area contributed by atoms with Gasteiger partial charge in [-0.15, -0.1) is 24.0 Å². The van der Waals surface area contributed by atoms with E-state index in [9.17, 15) is 4.79 Å². The molecule has 1 amide bonds. The standard InChI is InChI=1S/C23H38N6O2.HI/c1-18-6-5-7-21(19(18)2)28-16-14-27(15-17-28)13-10-25-22(24-3)26-20-8-11-29(12-9-20)23(30)31-4;/h5-7,20H,8-17H2,1-4H3,(H2,24,25,26);1H. The lowest BCUT2D eigenvalue weighted by Gasteiger charge is -2.37. The molecule has 1 aromatic carbocycles. The monoisotopic (exact) mass is 558 g/mol. The molecule has 0 bridgehead atoms. The number of likely N-dealkylation sites (tertiary alicyclic amines) is 1. The van der Waals surface area contributed by atoms with E-state index in [1.165, 1.54) is 23.9 Å². The van der Waals surface area contributed by atoms with E-state index in [1.54, 1.807) is 4.90 Å². The number of nitrogens with zero attached hydrogens (tertiary/aromatic N) is 4. The summed E-state index contributed by atoms with van der Waals surface area (Å²) < 4.78 is 4.80. The van der Waals surface area contributed by atoms with Gasteiger partial charge in [0, 0.05) is 71.1 Å². The van der Waals surface area contributed by atoms with Crippen molar-refractivity contribution >= 4 is 41.7 Å². The summed E-state index contributed by atoms with van der Waals surface area (Å²) in [5, 5.41) is 6.94. The van der Waals surface area contributed by atoms with Crippen molar-refractivity contribution in [3.63, 3.8) is 0 Å². The molecule has 0 unspecified atom stereocenters. The van der Waals surface area contributed by atoms with Gasteiger partial charge in [-0.2, -0.15) is 0 Å². The molecule has 180 valence electrons. The molecule has 32 heavy (non-hydrogen) atoms. The molecule has 8 nitrogen and oxygen atoms in total. The SMILES string of the molecule is CN=C(NCCN1CCN(c2cccc(C)c2C)CC1)NC1CCN(C(=O)OC)CC1.I. The quantitative estimate of drug-likeness (QED) is 0.329. The summed E-state index contributed by atoms with van der Waals surface area (Å²) in [7, 11) is 3.24. The first kappa shape index (κ1) is 26.5. The van der Waals surface area contributed by atoms with E-state index in [1.807, 2.05) is 7.05 Å². The van der Waals surface area contributed by atoms with E-state index in [-0.39, 0.29) is 30.1 Å². The zero-order valence-corrected chi connectivity index (χ0v) is 22.2. The van der Waals surface area contributed by atoms with Gasteiger partial charge in [0.1, 0.15) is 0 Å². The van der Waals surface area contributed by atoms with Crippen LogP contribution in [0.15, 0.2) is 23.2 Å². The Morgan fingerprint density at radius 3 is 2.44 bits per heavy atom. The average Bonchev–Trinajstić information content (AvgIpc) is 2.80. The summed E-state index contributed by atoms with van der Waals surface area (Å²) in [5.41, 5.74) is 4.13. The topological polar surface area (TPSA) is 72.4 Å². The third-order valence-corrected chi connectivity index (χ3v) is 6.50. The number of hydrogen-bond acceptors (Lipinski definition) is 5. The fraction of sp³-hybridized carbons (Fsp3) is 0.652. The van der Waals surface area contributed by atoms with Gasteiger partial charge in [0.15, 0.2) is 5.96 Å². The second-order valence-electron chi connectivity index (χ2n) is 8.42. The Morgan fingerprint density at radius 2 is 1.81 bits per heavy atom. The van der Waals surface area contributed by atoms with Crippen molar-refractivity contribution in [3.05, 3.63) is 29.3 Å². The molecule has 0 saturated carbocycles. The summed E-state index contributed by atoms with van der Waals surface area (Å²) in [5.74, 6) is 0.838. The molecule has 0 spiro atoms. The van der Waals surface area contributed by atoms with Crippen molar-refractivity contribution in [2.24, 2.45) is 4.99 Å². The largest absolute Gasteiger partial charge is 0.453 e. The lowest BCUT2D eigenvalue weighted by molar-refractivity contribution is 0.111. The van der Waals surface area contributed by atoms with Gasteiger partial charge in [0.25, 0.3) is 0 Å². The molecule has 0 aromatic heterocycles. The number of piperidine rings is 1. The van der Waals surface area contributed by atoms with Gasteiger partial charge < -0.3 is 25.2 Å². The summed E-state index contributed by atoms with van der Waals surface area (Å²) in [6.45, 7) is 12.0. The van der Waals surface area contributed by atoms with Crippen LogP contribution >= 0.6 is 24.0 Å². The van der Waals surface area contributed by atoms with Crippen molar-refractivity contribution in [2.75, 3.05) is 71.4 Å². The molecule has 9 heteroatoms. The fourth-order valence-electron chi connectivity index (χ4n) is 4.35. The molecule has 2 N–H and O–H groups in total. The molecule has 0 radical (unpaired) electrons. The number of methoxy groups -OCH3 is 1. The van der Waals surface area contributed by atoms with Crippen LogP contribution in [0.2, 0.25) is 0 Å². The van der Waals surface area contributed by atoms with Crippen LogP contribution in [0.25, 0.3) is 0 Å². The van der Waals surface area contributed by atoms with Crippen LogP contribution in [0.4, 0.5) is 10.5 Å². The molecule has 2 fully saturated rings. The normalized spacial score (nSPS) is 18.2. The fourth-order valence-corrected chi connectivity index (χ4v) is 4.35. The Hall–Kier alpha value is -1.75. The second-order valence-corrected chi connectivity index (χ2v) is 8.42. The van der Waals surface area contributed by atoms with Crippen molar-refractivity contribution in [2.45, 2.75) is 32.7 Å². The molecule has 0 atom stereocenters. The van der Waals surface area contributed by atoms with E-state index in [4.69, 9.17) is 4.74 Å². The van der Waals surface area contributed by atoms with Gasteiger partial charge in [-0.05, 0) is 43.9 Å². The number of carbonyl (C=O) groups is 1. The molecular weight excluding hydrogens is 519 g/mol. The van der Waals surface area contributed by atoms with E-state index in [0.29, 0.717) is 19.1 Å². The van der Waals surface area contributed by atoms with Crippen LogP contribution in [0.3, 0.4) is 0 Å². The number of carbonyl (C=O) groups excluding carboxylic acids is 1. The lowest BCUT2D eigenvalue weighted by Crippen LogP contribution is -2.52. The van der Waals surface area contributed by atoms with E-state index in [0.717, 1.165) is 58.1 Å². The minimum atomic E-state index is -0.237. The van der Waals surface area contributed by atoms with Crippen LogP contribution in [-0.4, -0.2) is 94.4 Å². The molecular formula is C23H39IN6O2. The summed E-state index contributed by atoms with van der Waals surface area (Å²) in [4.78, 5) is 22.8. The highest BCUT2D eigenvalue weighted by molar-refractivity contribution is 14.0. The number of guanidine groups is 1. The zero-order chi connectivity index (χ0) is 22.2. The van der Waals surface area contributed by atoms with Crippen molar-refractivity contribution < 1.29 is 9.53 Å². The second kappa shape index (κ2) is 13.1. The Balaban J connectivity index is 0.00000363. The number of benzene rings is 1. The first-order valence-electron chi connectivity index (χ1n) is 11.4. The van der Waals surface area contributed by atoms with E-state index < -0.39 is 0 Å². The van der Waals surface area contributed by atoms with Gasteiger partial charge >= 0.3 is 6.09 Å². The lowest BCUT2D eigenvalue weighted by atomic mass is 10.1. The summed E-state index contributed by atoms with van der Waals surface area (Å²) >= 11 is 0. The number of amides is 1. The minimum Gasteiger partial charge on any atom is -0.453 e. The molecule has 2 aliphatic heterocycles. The minimum absolute atomic E-state index is 0. The third-order valence-electron chi connectivity index (χ3n) is 6.50. The van der Waals surface area contributed by atoms with Crippen molar-refractivity contribution in [1.82, 2.24) is 20.4 Å². The van der Waals surface area contributed by atoms with Gasteiger partial charge in [0.2, 0.25) is 0 Å². The van der Waals surface area contributed by atoms with Crippen LogP contribution in [0.1, 0.15) is 24.0 Å². The predicted octanol–water partition coefficient (Wildman–Crippen LogP) is 2.44. The molecule has 2 heterocycles. The van der Waals surface area contributed by atoms with Crippen LogP contribution in [0.5, 0.6) is 0 Å². The third kappa shape index (κ3) is 7.13. The number of aryl methyl sites for hydroxylation is 1. The number of aliphatic imine (C=N–C) groups is 1. The zero-order valence-electron chi connectivity index (χ0n) is 19.9. The van der Waals surface area contributed by atoms with Gasteiger partial charge in [-0.1, -0.05) is 12.1 Å². The highest BCUT2D eigenvalue weighted by Gasteiger charge is 2.24. The maximum atomic E-state index is 11.6.